The lowest BCUT2D eigenvalue weighted by molar-refractivity contribution is -0.641. The van der Waals surface area contributed by atoms with Crippen LogP contribution in [0.3, 0.4) is 0 Å². The third kappa shape index (κ3) is 7.48. The minimum atomic E-state index is -0.0135. The zero-order valence-electron chi connectivity index (χ0n) is 13.1. The summed E-state index contributed by atoms with van der Waals surface area (Å²) in [6.07, 6.45) is 12.2. The number of aromatic nitrogens is 2. The van der Waals surface area contributed by atoms with Crippen LogP contribution in [0.4, 0.5) is 0 Å². The van der Waals surface area contributed by atoms with Gasteiger partial charge in [0.1, 0.15) is 0 Å². The number of carbonyl (C=O) groups is 2. The van der Waals surface area contributed by atoms with Crippen molar-refractivity contribution in [2.45, 2.75) is 65.2 Å². The molecule has 0 aliphatic carbocycles. The molecule has 0 fully saturated rings. The first kappa shape index (κ1) is 17.2. The Morgan fingerprint density at radius 2 is 1.62 bits per heavy atom. The van der Waals surface area contributed by atoms with E-state index in [9.17, 15) is 9.59 Å². The molecule has 0 aliphatic heterocycles. The van der Waals surface area contributed by atoms with Crippen LogP contribution >= 0.6 is 0 Å². The molecular weight excluding hydrogens is 268 g/mol. The maximum absolute atomic E-state index is 11.7. The largest absolute Gasteiger partial charge is 0.291 e. The molecule has 2 amide bonds. The van der Waals surface area contributed by atoms with Gasteiger partial charge < -0.3 is 0 Å². The molecule has 1 aromatic heterocycles. The van der Waals surface area contributed by atoms with Gasteiger partial charge in [-0.15, -0.1) is 9.35 Å². The number of unbranched alkanes of at least 4 members (excludes halogenated alkanes) is 4. The zero-order valence-corrected chi connectivity index (χ0v) is 13.1. The van der Waals surface area contributed by atoms with Crippen LogP contribution in [-0.4, -0.2) is 16.5 Å². The number of imidazole rings is 1. The second kappa shape index (κ2) is 9.96. The minimum Gasteiger partial charge on any atom is -0.272 e. The predicted octanol–water partition coefficient (Wildman–Crippen LogP) is 2.08. The van der Waals surface area contributed by atoms with Gasteiger partial charge in [-0.1, -0.05) is 39.5 Å². The van der Waals surface area contributed by atoms with E-state index in [0.717, 1.165) is 38.5 Å². The molecule has 0 unspecified atom stereocenters. The van der Waals surface area contributed by atoms with Gasteiger partial charge in [-0.25, -0.2) is 0 Å². The van der Waals surface area contributed by atoms with Crippen LogP contribution in [0.2, 0.25) is 0 Å². The summed E-state index contributed by atoms with van der Waals surface area (Å²) in [7, 11) is 0. The molecule has 21 heavy (non-hydrogen) atoms. The Morgan fingerprint density at radius 3 is 2.24 bits per heavy atom. The van der Waals surface area contributed by atoms with Gasteiger partial charge >= 0.3 is 0 Å². The number of nitrogens with one attached hydrogen (secondary N) is 2. The van der Waals surface area contributed by atoms with Gasteiger partial charge in [0.05, 0.1) is 0 Å². The fourth-order valence-electron chi connectivity index (χ4n) is 1.96. The standard InChI is InChI=1S/C15H26N4O2/c1-3-5-7-9-14(20)16-18-11-12-19(13-18)17-15(21)10-8-6-4-2/h11-13H,3-10H2,1-2H3,(H-,16,17,20,21)/p+1. The van der Waals surface area contributed by atoms with Crippen molar-refractivity contribution in [3.8, 4) is 0 Å². The fourth-order valence-corrected chi connectivity index (χ4v) is 1.96. The second-order valence-electron chi connectivity index (χ2n) is 5.21. The van der Waals surface area contributed by atoms with E-state index >= 15 is 0 Å². The molecule has 0 bridgehead atoms. The topological polar surface area (TPSA) is 67.0 Å². The molecule has 6 heteroatoms. The highest BCUT2D eigenvalue weighted by Crippen LogP contribution is 1.99. The summed E-state index contributed by atoms with van der Waals surface area (Å²) >= 11 is 0. The maximum atomic E-state index is 11.7. The molecule has 1 heterocycles. The van der Waals surface area contributed by atoms with Crippen molar-refractivity contribution in [2.24, 2.45) is 0 Å². The van der Waals surface area contributed by atoms with Gasteiger partial charge in [0.15, 0.2) is 12.4 Å². The normalized spacial score (nSPS) is 10.4. The van der Waals surface area contributed by atoms with Crippen molar-refractivity contribution in [2.75, 3.05) is 10.9 Å². The zero-order chi connectivity index (χ0) is 15.5. The van der Waals surface area contributed by atoms with Crippen LogP contribution in [0.5, 0.6) is 0 Å². The highest BCUT2D eigenvalue weighted by molar-refractivity contribution is 5.83. The Morgan fingerprint density at radius 1 is 1.00 bits per heavy atom. The molecule has 118 valence electrons. The van der Waals surface area contributed by atoms with E-state index in [4.69, 9.17) is 0 Å². The quantitative estimate of drug-likeness (QED) is 0.512. The molecular formula is C15H27N4O2+. The van der Waals surface area contributed by atoms with Crippen molar-refractivity contribution in [1.29, 1.82) is 0 Å². The Balaban J connectivity index is 2.32. The molecule has 0 spiro atoms. The van der Waals surface area contributed by atoms with Gasteiger partial charge in [-0.2, -0.15) is 10.9 Å². The van der Waals surface area contributed by atoms with Gasteiger partial charge in [0.25, 0.3) is 18.1 Å². The summed E-state index contributed by atoms with van der Waals surface area (Å²) in [5, 5.41) is 0. The molecule has 0 aliphatic rings. The van der Waals surface area contributed by atoms with Crippen LogP contribution < -0.4 is 15.5 Å². The fraction of sp³-hybridized carbons (Fsp3) is 0.667. The molecule has 0 radical (unpaired) electrons. The van der Waals surface area contributed by atoms with E-state index in [1.54, 1.807) is 28.1 Å². The summed E-state index contributed by atoms with van der Waals surface area (Å²) in [4.78, 5) is 23.3. The van der Waals surface area contributed by atoms with E-state index in [-0.39, 0.29) is 11.8 Å². The van der Waals surface area contributed by atoms with Gasteiger partial charge in [0, 0.05) is 12.8 Å². The van der Waals surface area contributed by atoms with Crippen LogP contribution in [0, 0.1) is 0 Å². The van der Waals surface area contributed by atoms with Crippen LogP contribution in [0.1, 0.15) is 65.2 Å². The lowest BCUT2D eigenvalue weighted by Gasteiger charge is -2.01. The minimum absolute atomic E-state index is 0.0135. The smallest absolute Gasteiger partial charge is 0.272 e. The van der Waals surface area contributed by atoms with Crippen molar-refractivity contribution in [3.05, 3.63) is 18.7 Å². The molecule has 0 aromatic carbocycles. The monoisotopic (exact) mass is 295 g/mol. The molecule has 0 saturated heterocycles. The number of carbonyl (C=O) groups excluding carboxylic acids is 2. The number of hydrogen-bond donors (Lipinski definition) is 2. The van der Waals surface area contributed by atoms with Gasteiger partial charge in [0.2, 0.25) is 0 Å². The van der Waals surface area contributed by atoms with Gasteiger partial charge in [-0.05, 0) is 12.8 Å². The van der Waals surface area contributed by atoms with Crippen molar-refractivity contribution in [1.82, 2.24) is 4.68 Å². The van der Waals surface area contributed by atoms with E-state index in [1.807, 2.05) is 0 Å². The average molecular weight is 295 g/mol. The second-order valence-corrected chi connectivity index (χ2v) is 5.21. The Bertz CT molecular complexity index is 404. The van der Waals surface area contributed by atoms with Gasteiger partial charge in [-0.3, -0.25) is 9.59 Å². The van der Waals surface area contributed by atoms with Crippen LogP contribution in [0.25, 0.3) is 0 Å². The van der Waals surface area contributed by atoms with Crippen molar-refractivity contribution >= 4 is 11.8 Å². The first-order valence-corrected chi connectivity index (χ1v) is 7.84. The SMILES string of the molecule is CCCCCC(=O)Nn1cc[n+](NC(=O)CCCCC)c1. The molecule has 0 atom stereocenters. The third-order valence-corrected chi connectivity index (χ3v) is 3.16. The summed E-state index contributed by atoms with van der Waals surface area (Å²) in [5.74, 6) is -0.0269. The van der Waals surface area contributed by atoms with E-state index in [1.165, 1.54) is 0 Å². The summed E-state index contributed by atoms with van der Waals surface area (Å²) in [6.45, 7) is 4.21. The maximum Gasteiger partial charge on any atom is 0.291 e. The summed E-state index contributed by atoms with van der Waals surface area (Å²) < 4.78 is 3.11. The number of rotatable bonds is 10. The highest BCUT2D eigenvalue weighted by Gasteiger charge is 2.10. The summed E-state index contributed by atoms with van der Waals surface area (Å²) in [5.41, 5.74) is 5.50. The predicted molar refractivity (Wildman–Crippen MR) is 81.6 cm³/mol. The first-order chi connectivity index (χ1) is 10.2. The van der Waals surface area contributed by atoms with Crippen molar-refractivity contribution in [3.63, 3.8) is 0 Å². The third-order valence-electron chi connectivity index (χ3n) is 3.16. The first-order valence-electron chi connectivity index (χ1n) is 7.84. The molecule has 0 saturated carbocycles. The molecule has 2 N–H and O–H groups in total. The Kier molecular flexibility index (Phi) is 8.16. The Hall–Kier alpha value is -1.85. The molecule has 6 nitrogen and oxygen atoms in total. The average Bonchev–Trinajstić information content (AvgIpc) is 2.86. The van der Waals surface area contributed by atoms with E-state index in [2.05, 4.69) is 24.7 Å². The lowest BCUT2D eigenvalue weighted by Crippen LogP contribution is -2.47. The Labute approximate surface area is 126 Å². The lowest BCUT2D eigenvalue weighted by atomic mass is 10.2. The number of hydrogen-bond acceptors (Lipinski definition) is 2. The molecule has 1 rings (SSSR count). The van der Waals surface area contributed by atoms with E-state index in [0.29, 0.717) is 12.8 Å². The summed E-state index contributed by atoms with van der Waals surface area (Å²) in [6, 6.07) is 0. The highest BCUT2D eigenvalue weighted by atomic mass is 16.2. The van der Waals surface area contributed by atoms with Crippen molar-refractivity contribution < 1.29 is 14.3 Å². The van der Waals surface area contributed by atoms with Crippen LogP contribution in [0.15, 0.2) is 18.7 Å². The molecule has 1 aromatic rings. The van der Waals surface area contributed by atoms with E-state index < -0.39 is 0 Å². The number of nitrogens with zero attached hydrogens (tertiary/aromatic N) is 2. The number of amides is 2. The van der Waals surface area contributed by atoms with Crippen LogP contribution in [-0.2, 0) is 9.59 Å².